The van der Waals surface area contributed by atoms with Gasteiger partial charge in [-0.25, -0.2) is 4.39 Å². The molecule has 0 spiro atoms. The third-order valence-corrected chi connectivity index (χ3v) is 7.27. The first-order valence-corrected chi connectivity index (χ1v) is 12.9. The fourth-order valence-electron chi connectivity index (χ4n) is 5.51. The van der Waals surface area contributed by atoms with Crippen LogP contribution in [0.15, 0.2) is 60.7 Å². The van der Waals surface area contributed by atoms with Crippen LogP contribution < -0.4 is 4.74 Å². The monoisotopic (exact) mass is 489 g/mol. The van der Waals surface area contributed by atoms with Crippen molar-refractivity contribution in [1.82, 2.24) is 4.90 Å². The SMILES string of the molecule is Cc1ccc(C2=C(c3ccc(O[C@H]4CCN(CCCF)C4)cc3)c3ccc(O)cc3CCC2)c(F)c1. The van der Waals surface area contributed by atoms with Crippen molar-refractivity contribution in [3.63, 3.8) is 0 Å². The van der Waals surface area contributed by atoms with Gasteiger partial charge in [0.1, 0.15) is 23.4 Å². The van der Waals surface area contributed by atoms with E-state index in [0.717, 1.165) is 84.5 Å². The number of allylic oxidation sites excluding steroid dienone is 1. The molecular formula is C31H33F2NO2. The molecule has 1 aliphatic heterocycles. The van der Waals surface area contributed by atoms with Gasteiger partial charge in [0, 0.05) is 25.2 Å². The third kappa shape index (κ3) is 5.31. The first-order chi connectivity index (χ1) is 17.5. The minimum atomic E-state index is -0.281. The van der Waals surface area contributed by atoms with Crippen molar-refractivity contribution in [1.29, 1.82) is 0 Å². The lowest BCUT2D eigenvalue weighted by molar-refractivity contribution is 0.198. The molecule has 3 nitrogen and oxygen atoms in total. The molecule has 1 N–H and O–H groups in total. The molecule has 3 aromatic carbocycles. The van der Waals surface area contributed by atoms with E-state index in [0.29, 0.717) is 12.0 Å². The molecule has 0 radical (unpaired) electrons. The number of nitrogens with zero attached hydrogens (tertiary/aromatic N) is 1. The Balaban J connectivity index is 1.49. The van der Waals surface area contributed by atoms with Crippen molar-refractivity contribution in [3.8, 4) is 11.5 Å². The van der Waals surface area contributed by atoms with Crippen molar-refractivity contribution in [2.24, 2.45) is 0 Å². The quantitative estimate of drug-likeness (QED) is 0.390. The second kappa shape index (κ2) is 10.8. The van der Waals surface area contributed by atoms with Crippen LogP contribution in [0.25, 0.3) is 11.1 Å². The van der Waals surface area contributed by atoms with Crippen LogP contribution in [-0.4, -0.2) is 42.4 Å². The maximum Gasteiger partial charge on any atom is 0.130 e. The number of benzene rings is 3. The van der Waals surface area contributed by atoms with Gasteiger partial charge in [0.15, 0.2) is 0 Å². The zero-order chi connectivity index (χ0) is 25.1. The summed E-state index contributed by atoms with van der Waals surface area (Å²) in [7, 11) is 0. The van der Waals surface area contributed by atoms with Crippen LogP contribution in [0.4, 0.5) is 8.78 Å². The smallest absolute Gasteiger partial charge is 0.130 e. The normalized spacial score (nSPS) is 18.2. The number of aromatic hydroxyl groups is 1. The zero-order valence-electron chi connectivity index (χ0n) is 20.8. The molecule has 1 heterocycles. The number of phenols is 1. The summed E-state index contributed by atoms with van der Waals surface area (Å²) in [4.78, 5) is 2.25. The van der Waals surface area contributed by atoms with E-state index in [-0.39, 0.29) is 24.3 Å². The third-order valence-electron chi connectivity index (χ3n) is 7.27. The Morgan fingerprint density at radius 2 is 1.81 bits per heavy atom. The number of ether oxygens (including phenoxy) is 1. The number of hydrogen-bond acceptors (Lipinski definition) is 3. The van der Waals surface area contributed by atoms with E-state index in [1.165, 1.54) is 0 Å². The largest absolute Gasteiger partial charge is 0.508 e. The van der Waals surface area contributed by atoms with Gasteiger partial charge in [0.2, 0.25) is 0 Å². The van der Waals surface area contributed by atoms with E-state index in [1.807, 2.05) is 43.3 Å². The van der Waals surface area contributed by atoms with Crippen LogP contribution in [0.1, 0.15) is 53.5 Å². The predicted molar refractivity (Wildman–Crippen MR) is 141 cm³/mol. The fraction of sp³-hybridized carbons (Fsp3) is 0.355. The molecule has 5 heteroatoms. The summed E-state index contributed by atoms with van der Waals surface area (Å²) in [6, 6.07) is 19.0. The maximum atomic E-state index is 15.2. The van der Waals surface area contributed by atoms with Crippen LogP contribution in [0.2, 0.25) is 0 Å². The highest BCUT2D eigenvalue weighted by atomic mass is 19.1. The summed E-state index contributed by atoms with van der Waals surface area (Å²) in [5.41, 5.74) is 6.65. The van der Waals surface area contributed by atoms with Crippen LogP contribution >= 0.6 is 0 Å². The van der Waals surface area contributed by atoms with Crippen molar-refractivity contribution in [2.75, 3.05) is 26.3 Å². The molecule has 2 aliphatic rings. The minimum Gasteiger partial charge on any atom is -0.508 e. The highest BCUT2D eigenvalue weighted by molar-refractivity contribution is 6.00. The molecule has 36 heavy (non-hydrogen) atoms. The summed E-state index contributed by atoms with van der Waals surface area (Å²) in [6.45, 7) is 4.15. The molecule has 0 saturated carbocycles. The van der Waals surface area contributed by atoms with E-state index in [9.17, 15) is 9.50 Å². The fourth-order valence-corrected chi connectivity index (χ4v) is 5.51. The average Bonchev–Trinajstić information content (AvgIpc) is 3.22. The van der Waals surface area contributed by atoms with E-state index >= 15 is 4.39 Å². The highest BCUT2D eigenvalue weighted by Gasteiger charge is 2.25. The molecule has 0 aromatic heterocycles. The standard InChI is InChI=1S/C31H33F2NO2/c1-21-6-12-28(30(33)18-21)29-5-2-4-23-19-24(35)9-13-27(23)31(29)22-7-10-25(11-8-22)36-26-14-17-34(20-26)16-3-15-32/h6-13,18-19,26,35H,2-5,14-17,20H2,1H3/t26-/m0/s1. The molecule has 188 valence electrons. The van der Waals surface area contributed by atoms with E-state index in [2.05, 4.69) is 17.0 Å². The first kappa shape index (κ1) is 24.5. The van der Waals surface area contributed by atoms with Crippen LogP contribution in [0, 0.1) is 12.7 Å². The summed E-state index contributed by atoms with van der Waals surface area (Å²) in [5, 5.41) is 10.1. The van der Waals surface area contributed by atoms with Gasteiger partial charge in [0.25, 0.3) is 0 Å². The minimum absolute atomic E-state index is 0.105. The van der Waals surface area contributed by atoms with Gasteiger partial charge >= 0.3 is 0 Å². The second-order valence-electron chi connectivity index (χ2n) is 9.93. The molecule has 0 amide bonds. The second-order valence-corrected chi connectivity index (χ2v) is 9.93. The molecule has 0 unspecified atom stereocenters. The van der Waals surface area contributed by atoms with Crippen molar-refractivity contribution < 1.29 is 18.6 Å². The first-order valence-electron chi connectivity index (χ1n) is 12.9. The summed E-state index contributed by atoms with van der Waals surface area (Å²) < 4.78 is 33.9. The Kier molecular flexibility index (Phi) is 7.38. The number of halogens is 2. The van der Waals surface area contributed by atoms with Gasteiger partial charge in [-0.15, -0.1) is 0 Å². The van der Waals surface area contributed by atoms with Crippen LogP contribution in [-0.2, 0) is 6.42 Å². The Hall–Kier alpha value is -3.18. The Labute approximate surface area is 212 Å². The lowest BCUT2D eigenvalue weighted by atomic mass is 9.87. The molecule has 1 fully saturated rings. The van der Waals surface area contributed by atoms with Crippen molar-refractivity contribution >= 4 is 11.1 Å². The van der Waals surface area contributed by atoms with Gasteiger partial charge in [-0.2, -0.15) is 0 Å². The Morgan fingerprint density at radius 1 is 1.00 bits per heavy atom. The van der Waals surface area contributed by atoms with E-state index < -0.39 is 0 Å². The van der Waals surface area contributed by atoms with Crippen LogP contribution in [0.3, 0.4) is 0 Å². The Morgan fingerprint density at radius 3 is 2.58 bits per heavy atom. The number of fused-ring (bicyclic) bond motifs is 1. The topological polar surface area (TPSA) is 32.7 Å². The molecule has 1 saturated heterocycles. The van der Waals surface area contributed by atoms with Gasteiger partial charge in [-0.1, -0.05) is 30.3 Å². The van der Waals surface area contributed by atoms with Crippen LogP contribution in [0.5, 0.6) is 11.5 Å². The van der Waals surface area contributed by atoms with Gasteiger partial charge in [-0.3, -0.25) is 9.29 Å². The number of likely N-dealkylation sites (tertiary alicyclic amines) is 1. The lowest BCUT2D eigenvalue weighted by Crippen LogP contribution is -2.26. The van der Waals surface area contributed by atoms with E-state index in [1.54, 1.807) is 12.1 Å². The summed E-state index contributed by atoms with van der Waals surface area (Å²) in [5.74, 6) is 0.849. The number of rotatable bonds is 7. The zero-order valence-corrected chi connectivity index (χ0v) is 20.8. The van der Waals surface area contributed by atoms with Crippen molar-refractivity contribution in [2.45, 2.75) is 45.1 Å². The molecule has 5 rings (SSSR count). The highest BCUT2D eigenvalue weighted by Crippen LogP contribution is 2.41. The average molecular weight is 490 g/mol. The molecule has 1 atom stereocenters. The van der Waals surface area contributed by atoms with Gasteiger partial charge in [0.05, 0.1) is 6.67 Å². The molecule has 3 aromatic rings. The number of phenolic OH excluding ortho intramolecular Hbond substituents is 1. The number of alkyl halides is 1. The van der Waals surface area contributed by atoms with E-state index in [4.69, 9.17) is 4.74 Å². The molecule has 0 bridgehead atoms. The maximum absolute atomic E-state index is 15.2. The van der Waals surface area contributed by atoms with Gasteiger partial charge in [-0.05, 0) is 103 Å². The number of hydrogen-bond donors (Lipinski definition) is 1. The Bertz CT molecular complexity index is 1250. The van der Waals surface area contributed by atoms with Gasteiger partial charge < -0.3 is 9.84 Å². The molecule has 1 aliphatic carbocycles. The number of aryl methyl sites for hydroxylation is 2. The summed E-state index contributed by atoms with van der Waals surface area (Å²) >= 11 is 0. The predicted octanol–water partition coefficient (Wildman–Crippen LogP) is 6.95. The summed E-state index contributed by atoms with van der Waals surface area (Å²) in [6.07, 6.45) is 4.07. The lowest BCUT2D eigenvalue weighted by Gasteiger charge is -2.19. The van der Waals surface area contributed by atoms with Crippen molar-refractivity contribution in [3.05, 3.63) is 94.3 Å². The molecular weight excluding hydrogens is 456 g/mol.